The third kappa shape index (κ3) is 5.12. The fraction of sp³-hybridized carbons (Fsp3) is 0.0952. The average Bonchev–Trinajstić information content (AvgIpc) is 2.71. The summed E-state index contributed by atoms with van der Waals surface area (Å²) in [4.78, 5) is 12.9. The molecule has 1 amide bonds. The van der Waals surface area contributed by atoms with Crippen LogP contribution in [0.25, 0.3) is 0 Å². The van der Waals surface area contributed by atoms with Crippen LogP contribution in [0.4, 0.5) is 11.4 Å². The van der Waals surface area contributed by atoms with E-state index in [2.05, 4.69) is 10.0 Å². The molecule has 0 radical (unpaired) electrons. The second-order valence-electron chi connectivity index (χ2n) is 6.51. The van der Waals surface area contributed by atoms with Crippen LogP contribution in [0.5, 0.6) is 0 Å². The lowest BCUT2D eigenvalue weighted by atomic mass is 10.1. The number of halogens is 2. The molecule has 0 aliphatic heterocycles. The van der Waals surface area contributed by atoms with Crippen LogP contribution < -0.4 is 10.0 Å². The standard InChI is InChI=1S/C21H18Cl2N2O4S/c1-13-2-3-14(12-26)10-20(13)24-21(27)18-11-16(23)6-9-19(18)25-30(28,29)17-7-4-15(22)5-8-17/h2-11,25-26H,12H2,1H3,(H,24,27). The Bertz CT molecular complexity index is 1200. The quantitative estimate of drug-likeness (QED) is 0.485. The summed E-state index contributed by atoms with van der Waals surface area (Å²) in [5, 5.41) is 12.7. The van der Waals surface area contributed by atoms with Gasteiger partial charge < -0.3 is 10.4 Å². The molecule has 9 heteroatoms. The summed E-state index contributed by atoms with van der Waals surface area (Å²) in [7, 11) is -3.96. The Labute approximate surface area is 184 Å². The summed E-state index contributed by atoms with van der Waals surface area (Å²) < 4.78 is 27.9. The maximum atomic E-state index is 12.9. The summed E-state index contributed by atoms with van der Waals surface area (Å²) in [5.41, 5.74) is 2.03. The van der Waals surface area contributed by atoms with Crippen molar-refractivity contribution in [3.05, 3.63) is 87.4 Å². The molecular weight excluding hydrogens is 447 g/mol. The van der Waals surface area contributed by atoms with Gasteiger partial charge in [0.2, 0.25) is 0 Å². The number of hydrogen-bond donors (Lipinski definition) is 3. The van der Waals surface area contributed by atoms with E-state index >= 15 is 0 Å². The number of anilines is 2. The molecule has 0 atom stereocenters. The van der Waals surface area contributed by atoms with Crippen LogP contribution in [0.15, 0.2) is 65.6 Å². The second kappa shape index (κ2) is 9.06. The molecule has 0 fully saturated rings. The van der Waals surface area contributed by atoms with E-state index in [0.29, 0.717) is 16.3 Å². The van der Waals surface area contributed by atoms with E-state index in [9.17, 15) is 18.3 Å². The number of carbonyl (C=O) groups is 1. The first-order valence-electron chi connectivity index (χ1n) is 8.79. The van der Waals surface area contributed by atoms with E-state index in [1.165, 1.54) is 42.5 Å². The maximum Gasteiger partial charge on any atom is 0.261 e. The normalized spacial score (nSPS) is 11.2. The van der Waals surface area contributed by atoms with Crippen molar-refractivity contribution in [2.45, 2.75) is 18.4 Å². The molecule has 156 valence electrons. The van der Waals surface area contributed by atoms with Gasteiger partial charge in [0.05, 0.1) is 22.8 Å². The van der Waals surface area contributed by atoms with Crippen LogP contribution in [-0.4, -0.2) is 19.4 Å². The van der Waals surface area contributed by atoms with E-state index in [1.807, 2.05) is 0 Å². The lowest BCUT2D eigenvalue weighted by molar-refractivity contribution is 0.102. The van der Waals surface area contributed by atoms with Gasteiger partial charge in [0.25, 0.3) is 15.9 Å². The zero-order chi connectivity index (χ0) is 21.9. The van der Waals surface area contributed by atoms with Gasteiger partial charge in [-0.25, -0.2) is 8.42 Å². The Morgan fingerprint density at radius 2 is 1.60 bits per heavy atom. The molecule has 3 N–H and O–H groups in total. The highest BCUT2D eigenvalue weighted by Gasteiger charge is 2.20. The Morgan fingerprint density at radius 1 is 0.933 bits per heavy atom. The van der Waals surface area contributed by atoms with Gasteiger partial charge in [-0.3, -0.25) is 9.52 Å². The molecule has 0 saturated carbocycles. The van der Waals surface area contributed by atoms with Crippen molar-refractivity contribution in [2.24, 2.45) is 0 Å². The molecule has 0 aromatic heterocycles. The predicted octanol–water partition coefficient (Wildman–Crippen LogP) is 4.85. The fourth-order valence-electron chi connectivity index (χ4n) is 2.70. The Balaban J connectivity index is 1.94. The van der Waals surface area contributed by atoms with Crippen LogP contribution in [0.1, 0.15) is 21.5 Å². The molecule has 3 rings (SSSR count). The first-order chi connectivity index (χ1) is 14.2. The molecule has 0 bridgehead atoms. The number of amides is 1. The number of hydrogen-bond acceptors (Lipinski definition) is 4. The zero-order valence-electron chi connectivity index (χ0n) is 15.8. The summed E-state index contributed by atoms with van der Waals surface area (Å²) >= 11 is 11.9. The van der Waals surface area contributed by atoms with E-state index in [1.54, 1.807) is 25.1 Å². The molecule has 3 aromatic rings. The highest BCUT2D eigenvalue weighted by Crippen LogP contribution is 2.26. The lowest BCUT2D eigenvalue weighted by Crippen LogP contribution is -2.19. The van der Waals surface area contributed by atoms with Crippen LogP contribution >= 0.6 is 23.2 Å². The van der Waals surface area contributed by atoms with Gasteiger partial charge in [-0.1, -0.05) is 35.3 Å². The third-order valence-electron chi connectivity index (χ3n) is 4.33. The first kappa shape index (κ1) is 22.1. The number of aliphatic hydroxyl groups is 1. The van der Waals surface area contributed by atoms with Crippen LogP contribution in [0.2, 0.25) is 10.0 Å². The molecule has 0 saturated heterocycles. The lowest BCUT2D eigenvalue weighted by Gasteiger charge is -2.15. The highest BCUT2D eigenvalue weighted by atomic mass is 35.5. The minimum Gasteiger partial charge on any atom is -0.392 e. The molecule has 0 heterocycles. The van der Waals surface area contributed by atoms with Crippen LogP contribution in [-0.2, 0) is 16.6 Å². The number of carbonyl (C=O) groups excluding carboxylic acids is 1. The molecule has 0 spiro atoms. The zero-order valence-corrected chi connectivity index (χ0v) is 18.1. The molecule has 0 unspecified atom stereocenters. The van der Waals surface area contributed by atoms with Crippen molar-refractivity contribution in [1.29, 1.82) is 0 Å². The third-order valence-corrected chi connectivity index (χ3v) is 6.20. The minimum atomic E-state index is -3.96. The molecule has 0 aliphatic rings. The molecule has 6 nitrogen and oxygen atoms in total. The predicted molar refractivity (Wildman–Crippen MR) is 119 cm³/mol. The fourth-order valence-corrected chi connectivity index (χ4v) is 4.08. The number of nitrogens with one attached hydrogen (secondary N) is 2. The van der Waals surface area contributed by atoms with Gasteiger partial charge in [-0.15, -0.1) is 0 Å². The van der Waals surface area contributed by atoms with Crippen molar-refractivity contribution in [1.82, 2.24) is 0 Å². The topological polar surface area (TPSA) is 95.5 Å². The number of rotatable bonds is 6. The van der Waals surface area contributed by atoms with Crippen molar-refractivity contribution in [2.75, 3.05) is 10.0 Å². The molecule has 30 heavy (non-hydrogen) atoms. The summed E-state index contributed by atoms with van der Waals surface area (Å²) in [6.45, 7) is 1.63. The van der Waals surface area contributed by atoms with Gasteiger partial charge in [0.1, 0.15) is 0 Å². The van der Waals surface area contributed by atoms with Crippen molar-refractivity contribution in [3.8, 4) is 0 Å². The van der Waals surface area contributed by atoms with Gasteiger partial charge in [-0.05, 0) is 66.6 Å². The number of aryl methyl sites for hydroxylation is 1. The Morgan fingerprint density at radius 3 is 2.27 bits per heavy atom. The molecular formula is C21H18Cl2N2O4S. The number of aliphatic hydroxyl groups excluding tert-OH is 1. The van der Waals surface area contributed by atoms with Crippen molar-refractivity contribution >= 4 is 50.5 Å². The average molecular weight is 465 g/mol. The summed E-state index contributed by atoms with van der Waals surface area (Å²) in [6.07, 6.45) is 0. The van der Waals surface area contributed by atoms with Crippen molar-refractivity contribution < 1.29 is 18.3 Å². The summed E-state index contributed by atoms with van der Waals surface area (Å²) in [6, 6.07) is 15.1. The van der Waals surface area contributed by atoms with Crippen molar-refractivity contribution in [3.63, 3.8) is 0 Å². The number of sulfonamides is 1. The van der Waals surface area contributed by atoms with E-state index < -0.39 is 15.9 Å². The van der Waals surface area contributed by atoms with Gasteiger partial charge in [-0.2, -0.15) is 0 Å². The van der Waals surface area contributed by atoms with Crippen LogP contribution in [0, 0.1) is 6.92 Å². The molecule has 3 aromatic carbocycles. The SMILES string of the molecule is Cc1ccc(CO)cc1NC(=O)c1cc(Cl)ccc1NS(=O)(=O)c1ccc(Cl)cc1. The minimum absolute atomic E-state index is 0.000278. The summed E-state index contributed by atoms with van der Waals surface area (Å²) in [5.74, 6) is -0.551. The smallest absolute Gasteiger partial charge is 0.261 e. The van der Waals surface area contributed by atoms with E-state index in [4.69, 9.17) is 23.2 Å². The van der Waals surface area contributed by atoms with Gasteiger partial charge >= 0.3 is 0 Å². The Hall–Kier alpha value is -2.58. The highest BCUT2D eigenvalue weighted by molar-refractivity contribution is 7.92. The Kier molecular flexibility index (Phi) is 6.67. The van der Waals surface area contributed by atoms with Gasteiger partial charge in [0.15, 0.2) is 0 Å². The second-order valence-corrected chi connectivity index (χ2v) is 9.07. The molecule has 0 aliphatic carbocycles. The van der Waals surface area contributed by atoms with Gasteiger partial charge in [0, 0.05) is 15.7 Å². The first-order valence-corrected chi connectivity index (χ1v) is 11.0. The maximum absolute atomic E-state index is 12.9. The number of benzene rings is 3. The van der Waals surface area contributed by atoms with E-state index in [-0.39, 0.29) is 27.8 Å². The van der Waals surface area contributed by atoms with E-state index in [0.717, 1.165) is 5.56 Å². The largest absolute Gasteiger partial charge is 0.392 e. The van der Waals surface area contributed by atoms with Crippen LogP contribution in [0.3, 0.4) is 0 Å². The monoisotopic (exact) mass is 464 g/mol.